The van der Waals surface area contributed by atoms with Gasteiger partial charge in [0.15, 0.2) is 12.1 Å². The summed E-state index contributed by atoms with van der Waals surface area (Å²) in [6.45, 7) is 5.41. The molecular formula is C19H26O7. The largest absolute Gasteiger partial charge is 0.396 e. The van der Waals surface area contributed by atoms with E-state index in [2.05, 4.69) is 0 Å². The summed E-state index contributed by atoms with van der Waals surface area (Å²) in [4.78, 5) is 12.8. The van der Waals surface area contributed by atoms with Gasteiger partial charge in [-0.3, -0.25) is 4.79 Å². The Hall–Kier alpha value is -1.35. The number of carbonyl (C=O) groups excluding carboxylic acids is 1. The smallest absolute Gasteiger partial charge is 0.186 e. The van der Waals surface area contributed by atoms with E-state index in [9.17, 15) is 25.2 Å². The first kappa shape index (κ1) is 19.4. The van der Waals surface area contributed by atoms with Crippen LogP contribution < -0.4 is 0 Å². The van der Waals surface area contributed by atoms with Crippen molar-refractivity contribution in [3.63, 3.8) is 0 Å². The number of hydrogen-bond donors (Lipinski definition) is 4. The van der Waals surface area contributed by atoms with Crippen LogP contribution in [0.4, 0.5) is 0 Å². The molecule has 26 heavy (non-hydrogen) atoms. The molecule has 0 amide bonds. The van der Waals surface area contributed by atoms with Crippen molar-refractivity contribution in [1.29, 1.82) is 0 Å². The van der Waals surface area contributed by atoms with Crippen molar-refractivity contribution in [2.45, 2.75) is 57.9 Å². The van der Waals surface area contributed by atoms with Crippen molar-refractivity contribution in [2.24, 2.45) is 5.92 Å². The van der Waals surface area contributed by atoms with Crippen LogP contribution in [0.25, 0.3) is 0 Å². The van der Waals surface area contributed by atoms with E-state index in [1.807, 2.05) is 19.9 Å². The Morgan fingerprint density at radius 2 is 1.92 bits per heavy atom. The van der Waals surface area contributed by atoms with Crippen LogP contribution in [0.2, 0.25) is 0 Å². The summed E-state index contributed by atoms with van der Waals surface area (Å²) >= 11 is 0. The van der Waals surface area contributed by atoms with Gasteiger partial charge < -0.3 is 29.9 Å². The van der Waals surface area contributed by atoms with Gasteiger partial charge in [0.05, 0.1) is 18.6 Å². The third-order valence-corrected chi connectivity index (χ3v) is 5.48. The molecule has 0 spiro atoms. The maximum Gasteiger partial charge on any atom is 0.186 e. The predicted octanol–water partition coefficient (Wildman–Crippen LogP) is 0.167. The highest BCUT2D eigenvalue weighted by atomic mass is 16.7. The van der Waals surface area contributed by atoms with Gasteiger partial charge in [0.2, 0.25) is 0 Å². The second kappa shape index (κ2) is 7.34. The number of ketones is 1. The molecule has 1 aromatic carbocycles. The highest BCUT2D eigenvalue weighted by Gasteiger charge is 2.45. The third kappa shape index (κ3) is 3.09. The first-order valence-electron chi connectivity index (χ1n) is 8.87. The summed E-state index contributed by atoms with van der Waals surface area (Å²) in [7, 11) is 0. The third-order valence-electron chi connectivity index (χ3n) is 5.48. The van der Waals surface area contributed by atoms with Crippen LogP contribution in [0.15, 0.2) is 6.07 Å². The Labute approximate surface area is 152 Å². The molecular weight excluding hydrogens is 340 g/mol. The average molecular weight is 366 g/mol. The summed E-state index contributed by atoms with van der Waals surface area (Å²) < 4.78 is 11.2. The number of ether oxygens (including phenoxy) is 2. The number of hydrogen-bond acceptors (Lipinski definition) is 7. The lowest BCUT2D eigenvalue weighted by Gasteiger charge is -2.36. The Bertz CT molecular complexity index is 702. The number of Topliss-reactive ketones (excluding diaryl/α,β-unsaturated/α-hetero) is 1. The number of rotatable bonds is 4. The lowest BCUT2D eigenvalue weighted by molar-refractivity contribution is -0.285. The SMILES string of the molecule is Cc1cc2c(c(C)c1CCO)C(=O)C(C)C2OC1OCC(O)C(O)C1O. The second-order valence-corrected chi connectivity index (χ2v) is 7.19. The predicted molar refractivity (Wildman–Crippen MR) is 91.8 cm³/mol. The van der Waals surface area contributed by atoms with E-state index in [1.165, 1.54) is 0 Å². The molecule has 0 radical (unpaired) electrons. The maximum atomic E-state index is 12.8. The normalized spacial score (nSPS) is 34.2. The number of benzene rings is 1. The molecule has 7 nitrogen and oxygen atoms in total. The molecule has 6 unspecified atom stereocenters. The lowest BCUT2D eigenvalue weighted by atomic mass is 9.92. The molecule has 144 valence electrons. The van der Waals surface area contributed by atoms with E-state index in [1.54, 1.807) is 6.92 Å². The number of fused-ring (bicyclic) bond motifs is 1. The molecule has 1 aliphatic heterocycles. The van der Waals surface area contributed by atoms with Gasteiger partial charge in [-0.05, 0) is 42.5 Å². The van der Waals surface area contributed by atoms with Gasteiger partial charge in [-0.25, -0.2) is 0 Å². The van der Waals surface area contributed by atoms with E-state index >= 15 is 0 Å². The highest BCUT2D eigenvalue weighted by molar-refractivity contribution is 6.04. The summed E-state index contributed by atoms with van der Waals surface area (Å²) in [5.74, 6) is -0.514. The van der Waals surface area contributed by atoms with Crippen LogP contribution in [-0.4, -0.2) is 64.0 Å². The van der Waals surface area contributed by atoms with Crippen LogP contribution in [0.1, 0.15) is 45.6 Å². The molecule has 1 saturated heterocycles. The minimum atomic E-state index is -1.40. The van der Waals surface area contributed by atoms with E-state index in [4.69, 9.17) is 9.47 Å². The van der Waals surface area contributed by atoms with E-state index in [-0.39, 0.29) is 19.0 Å². The van der Waals surface area contributed by atoms with Gasteiger partial charge in [-0.15, -0.1) is 0 Å². The molecule has 2 aliphatic rings. The fourth-order valence-electron chi connectivity index (χ4n) is 3.97. The van der Waals surface area contributed by atoms with Crippen LogP contribution >= 0.6 is 0 Å². The monoisotopic (exact) mass is 366 g/mol. The van der Waals surface area contributed by atoms with E-state index < -0.39 is 36.6 Å². The second-order valence-electron chi connectivity index (χ2n) is 7.19. The molecule has 0 saturated carbocycles. The molecule has 7 heteroatoms. The molecule has 1 aromatic rings. The minimum absolute atomic E-state index is 0.00641. The Kier molecular flexibility index (Phi) is 5.48. The Balaban J connectivity index is 1.93. The zero-order chi connectivity index (χ0) is 19.2. The van der Waals surface area contributed by atoms with Gasteiger partial charge in [0, 0.05) is 12.2 Å². The standard InChI is InChI=1S/C19H26O7/c1-8-6-12-14(9(2)11(8)4-5-20)15(22)10(3)18(12)26-19-17(24)16(23)13(21)7-25-19/h6,10,13,16-21,23-24H,4-5,7H2,1-3H3. The van der Waals surface area contributed by atoms with E-state index in [0.29, 0.717) is 12.0 Å². The summed E-state index contributed by atoms with van der Waals surface area (Å²) in [5, 5.41) is 38.8. The van der Waals surface area contributed by atoms with Gasteiger partial charge in [0.1, 0.15) is 18.3 Å². The lowest BCUT2D eigenvalue weighted by Crippen LogP contribution is -2.54. The summed E-state index contributed by atoms with van der Waals surface area (Å²) in [6.07, 6.45) is -5.20. The van der Waals surface area contributed by atoms with Crippen molar-refractivity contribution in [2.75, 3.05) is 13.2 Å². The van der Waals surface area contributed by atoms with Crippen molar-refractivity contribution >= 4 is 5.78 Å². The number of aliphatic hydroxyl groups excluding tert-OH is 4. The quantitative estimate of drug-likeness (QED) is 0.600. The summed E-state index contributed by atoms with van der Waals surface area (Å²) in [6, 6.07) is 1.89. The number of aliphatic hydroxyl groups is 4. The van der Waals surface area contributed by atoms with Gasteiger partial charge >= 0.3 is 0 Å². The molecule has 0 aromatic heterocycles. The van der Waals surface area contributed by atoms with Crippen LogP contribution in [0, 0.1) is 19.8 Å². The highest BCUT2D eigenvalue weighted by Crippen LogP contribution is 2.43. The fourth-order valence-corrected chi connectivity index (χ4v) is 3.97. The number of aryl methyl sites for hydroxylation is 1. The van der Waals surface area contributed by atoms with Gasteiger partial charge in [-0.1, -0.05) is 13.0 Å². The van der Waals surface area contributed by atoms with Crippen molar-refractivity contribution < 1.29 is 34.7 Å². The zero-order valence-corrected chi connectivity index (χ0v) is 15.2. The molecule has 1 heterocycles. The van der Waals surface area contributed by atoms with E-state index in [0.717, 1.165) is 22.3 Å². The van der Waals surface area contributed by atoms with Crippen molar-refractivity contribution in [1.82, 2.24) is 0 Å². The Morgan fingerprint density at radius 3 is 2.58 bits per heavy atom. The fraction of sp³-hybridized carbons (Fsp3) is 0.632. The topological polar surface area (TPSA) is 116 Å². The van der Waals surface area contributed by atoms with Crippen molar-refractivity contribution in [3.05, 3.63) is 33.9 Å². The summed E-state index contributed by atoms with van der Waals surface area (Å²) in [5.41, 5.74) is 4.10. The van der Waals surface area contributed by atoms with Gasteiger partial charge in [-0.2, -0.15) is 0 Å². The minimum Gasteiger partial charge on any atom is -0.396 e. The Morgan fingerprint density at radius 1 is 1.23 bits per heavy atom. The maximum absolute atomic E-state index is 12.8. The molecule has 6 atom stereocenters. The zero-order valence-electron chi connectivity index (χ0n) is 15.2. The molecule has 3 rings (SSSR count). The average Bonchev–Trinajstić information content (AvgIpc) is 2.83. The van der Waals surface area contributed by atoms with Crippen LogP contribution in [-0.2, 0) is 15.9 Å². The number of carbonyl (C=O) groups is 1. The van der Waals surface area contributed by atoms with Gasteiger partial charge in [0.25, 0.3) is 0 Å². The van der Waals surface area contributed by atoms with Crippen molar-refractivity contribution in [3.8, 4) is 0 Å². The first-order valence-corrected chi connectivity index (χ1v) is 8.87. The van der Waals surface area contributed by atoms with Crippen LogP contribution in [0.5, 0.6) is 0 Å². The molecule has 0 bridgehead atoms. The molecule has 1 fully saturated rings. The molecule has 1 aliphatic carbocycles. The first-order chi connectivity index (χ1) is 12.3. The molecule has 4 N–H and O–H groups in total. The van der Waals surface area contributed by atoms with Crippen LogP contribution in [0.3, 0.4) is 0 Å².